The van der Waals surface area contributed by atoms with Gasteiger partial charge in [0.15, 0.2) is 0 Å². The standard InChI is InChI=1S/C16H23ClN2O.ClH/c1-15(2,12-5-4-6-13(17)9-12)14(20)19-8-7-16(3,10-18)11-19;/h4-6,9H,7-8,10-11,18H2,1-3H3;1H. The average molecular weight is 331 g/mol. The number of halogens is 2. The van der Waals surface area contributed by atoms with Crippen LogP contribution in [0.1, 0.15) is 32.8 Å². The Morgan fingerprint density at radius 1 is 1.48 bits per heavy atom. The lowest BCUT2D eigenvalue weighted by Crippen LogP contribution is -2.43. The summed E-state index contributed by atoms with van der Waals surface area (Å²) in [6.07, 6.45) is 0.973. The largest absolute Gasteiger partial charge is 0.341 e. The normalized spacial score (nSPS) is 22.0. The minimum Gasteiger partial charge on any atom is -0.341 e. The SMILES string of the molecule is CC1(CN)CCN(C(=O)C(C)(C)c2cccc(Cl)c2)C1.Cl. The van der Waals surface area contributed by atoms with Crippen LogP contribution in [0.4, 0.5) is 0 Å². The second-order valence-corrected chi connectivity index (χ2v) is 7.06. The number of rotatable bonds is 3. The van der Waals surface area contributed by atoms with Gasteiger partial charge in [0.1, 0.15) is 0 Å². The summed E-state index contributed by atoms with van der Waals surface area (Å²) in [7, 11) is 0. The Kier molecular flexibility index (Phi) is 5.70. The van der Waals surface area contributed by atoms with E-state index in [9.17, 15) is 4.79 Å². The second kappa shape index (κ2) is 6.55. The number of hydrogen-bond donors (Lipinski definition) is 1. The average Bonchev–Trinajstić information content (AvgIpc) is 2.81. The van der Waals surface area contributed by atoms with Crippen molar-refractivity contribution in [3.63, 3.8) is 0 Å². The Morgan fingerprint density at radius 2 is 2.14 bits per heavy atom. The summed E-state index contributed by atoms with van der Waals surface area (Å²) in [6.45, 7) is 8.21. The van der Waals surface area contributed by atoms with E-state index in [1.807, 2.05) is 43.0 Å². The molecule has 1 heterocycles. The van der Waals surface area contributed by atoms with Crippen LogP contribution in [-0.2, 0) is 10.2 Å². The topological polar surface area (TPSA) is 46.3 Å². The van der Waals surface area contributed by atoms with Gasteiger partial charge >= 0.3 is 0 Å². The Labute approximate surface area is 138 Å². The molecule has 0 radical (unpaired) electrons. The van der Waals surface area contributed by atoms with E-state index >= 15 is 0 Å². The number of likely N-dealkylation sites (tertiary alicyclic amines) is 1. The molecule has 1 aliphatic heterocycles. The van der Waals surface area contributed by atoms with Crippen LogP contribution in [0.2, 0.25) is 5.02 Å². The summed E-state index contributed by atoms with van der Waals surface area (Å²) in [6, 6.07) is 7.55. The fourth-order valence-corrected chi connectivity index (χ4v) is 2.95. The van der Waals surface area contributed by atoms with Crippen LogP contribution in [0.25, 0.3) is 0 Å². The van der Waals surface area contributed by atoms with E-state index < -0.39 is 5.41 Å². The molecule has 21 heavy (non-hydrogen) atoms. The number of benzene rings is 1. The number of amides is 1. The van der Waals surface area contributed by atoms with E-state index in [4.69, 9.17) is 17.3 Å². The summed E-state index contributed by atoms with van der Waals surface area (Å²) in [4.78, 5) is 14.8. The second-order valence-electron chi connectivity index (χ2n) is 6.63. The number of nitrogens with two attached hydrogens (primary N) is 1. The maximum absolute atomic E-state index is 12.8. The third-order valence-electron chi connectivity index (χ3n) is 4.42. The van der Waals surface area contributed by atoms with Gasteiger partial charge in [-0.05, 0) is 49.9 Å². The maximum Gasteiger partial charge on any atom is 0.232 e. The van der Waals surface area contributed by atoms with Gasteiger partial charge in [-0.2, -0.15) is 0 Å². The smallest absolute Gasteiger partial charge is 0.232 e. The van der Waals surface area contributed by atoms with Crippen molar-refractivity contribution in [3.8, 4) is 0 Å². The molecular weight excluding hydrogens is 307 g/mol. The summed E-state index contributed by atoms with van der Waals surface area (Å²) in [5, 5.41) is 0.664. The number of hydrogen-bond acceptors (Lipinski definition) is 2. The Hall–Kier alpha value is -0.770. The zero-order chi connectivity index (χ0) is 15.0. The highest BCUT2D eigenvalue weighted by atomic mass is 35.5. The van der Waals surface area contributed by atoms with Gasteiger partial charge < -0.3 is 10.6 Å². The van der Waals surface area contributed by atoms with Gasteiger partial charge in [-0.25, -0.2) is 0 Å². The van der Waals surface area contributed by atoms with Crippen LogP contribution in [0.3, 0.4) is 0 Å². The van der Waals surface area contributed by atoms with E-state index in [2.05, 4.69) is 6.92 Å². The zero-order valence-electron chi connectivity index (χ0n) is 12.9. The van der Waals surface area contributed by atoms with Crippen LogP contribution in [0, 0.1) is 5.41 Å². The van der Waals surface area contributed by atoms with Gasteiger partial charge in [0.2, 0.25) is 5.91 Å². The highest BCUT2D eigenvalue weighted by Crippen LogP contribution is 2.34. The van der Waals surface area contributed by atoms with E-state index in [1.165, 1.54) is 0 Å². The van der Waals surface area contributed by atoms with Gasteiger partial charge in [0, 0.05) is 18.1 Å². The fraction of sp³-hybridized carbons (Fsp3) is 0.562. The third-order valence-corrected chi connectivity index (χ3v) is 4.65. The molecule has 3 nitrogen and oxygen atoms in total. The lowest BCUT2D eigenvalue weighted by Gasteiger charge is -2.31. The van der Waals surface area contributed by atoms with Gasteiger partial charge in [-0.15, -0.1) is 12.4 Å². The quantitative estimate of drug-likeness (QED) is 0.924. The molecule has 2 N–H and O–H groups in total. The molecule has 1 unspecified atom stereocenters. The van der Waals surface area contributed by atoms with Gasteiger partial charge in [0.25, 0.3) is 0 Å². The molecule has 1 saturated heterocycles. The van der Waals surface area contributed by atoms with Crippen molar-refractivity contribution in [2.75, 3.05) is 19.6 Å². The predicted molar refractivity (Wildman–Crippen MR) is 90.1 cm³/mol. The van der Waals surface area contributed by atoms with E-state index in [-0.39, 0.29) is 23.7 Å². The molecule has 118 valence electrons. The summed E-state index contributed by atoms with van der Waals surface area (Å²) in [5.41, 5.74) is 6.26. The van der Waals surface area contributed by atoms with Gasteiger partial charge in [-0.3, -0.25) is 4.79 Å². The molecule has 0 aromatic heterocycles. The minimum atomic E-state index is -0.565. The van der Waals surface area contributed by atoms with Gasteiger partial charge in [0.05, 0.1) is 5.41 Å². The summed E-state index contributed by atoms with van der Waals surface area (Å²) < 4.78 is 0. The monoisotopic (exact) mass is 330 g/mol. The molecule has 1 aromatic carbocycles. The summed E-state index contributed by atoms with van der Waals surface area (Å²) in [5.74, 6) is 0.150. The molecule has 1 amide bonds. The van der Waals surface area contributed by atoms with Crippen LogP contribution >= 0.6 is 24.0 Å². The van der Waals surface area contributed by atoms with Crippen molar-refractivity contribution in [2.45, 2.75) is 32.6 Å². The molecule has 1 fully saturated rings. The van der Waals surface area contributed by atoms with Crippen LogP contribution < -0.4 is 5.73 Å². The van der Waals surface area contributed by atoms with Crippen molar-refractivity contribution < 1.29 is 4.79 Å². The van der Waals surface area contributed by atoms with Crippen LogP contribution in [0.5, 0.6) is 0 Å². The summed E-state index contributed by atoms with van der Waals surface area (Å²) >= 11 is 6.04. The van der Waals surface area contributed by atoms with Crippen LogP contribution in [-0.4, -0.2) is 30.4 Å². The molecule has 0 spiro atoms. The molecule has 0 saturated carbocycles. The highest BCUT2D eigenvalue weighted by molar-refractivity contribution is 6.30. The zero-order valence-corrected chi connectivity index (χ0v) is 14.4. The predicted octanol–water partition coefficient (Wildman–Crippen LogP) is 3.24. The van der Waals surface area contributed by atoms with E-state index in [0.29, 0.717) is 11.6 Å². The minimum absolute atomic E-state index is 0. The van der Waals surface area contributed by atoms with Crippen LogP contribution in [0.15, 0.2) is 24.3 Å². The highest BCUT2D eigenvalue weighted by Gasteiger charge is 2.40. The Morgan fingerprint density at radius 3 is 2.67 bits per heavy atom. The molecule has 0 bridgehead atoms. The molecule has 2 rings (SSSR count). The Balaban J connectivity index is 0.00000220. The molecule has 1 aromatic rings. The van der Waals surface area contributed by atoms with Gasteiger partial charge in [-0.1, -0.05) is 30.7 Å². The number of nitrogens with zero attached hydrogens (tertiary/aromatic N) is 1. The van der Waals surface area contributed by atoms with Crippen molar-refractivity contribution in [1.29, 1.82) is 0 Å². The lowest BCUT2D eigenvalue weighted by molar-refractivity contribution is -0.135. The first-order valence-corrected chi connectivity index (χ1v) is 7.42. The van der Waals surface area contributed by atoms with Crippen molar-refractivity contribution >= 4 is 29.9 Å². The number of carbonyl (C=O) groups excluding carboxylic acids is 1. The lowest BCUT2D eigenvalue weighted by atomic mass is 9.83. The first-order valence-electron chi connectivity index (χ1n) is 7.04. The fourth-order valence-electron chi connectivity index (χ4n) is 2.76. The molecule has 5 heteroatoms. The molecular formula is C16H24Cl2N2O. The van der Waals surface area contributed by atoms with Crippen molar-refractivity contribution in [3.05, 3.63) is 34.9 Å². The third kappa shape index (κ3) is 3.71. The Bertz CT molecular complexity index is 519. The van der Waals surface area contributed by atoms with E-state index in [0.717, 1.165) is 25.1 Å². The van der Waals surface area contributed by atoms with Crippen molar-refractivity contribution in [1.82, 2.24) is 4.90 Å². The number of carbonyl (C=O) groups is 1. The molecule has 1 aliphatic rings. The first kappa shape index (κ1) is 18.3. The first-order chi connectivity index (χ1) is 9.28. The maximum atomic E-state index is 12.8. The molecule has 0 aliphatic carbocycles. The van der Waals surface area contributed by atoms with Crippen molar-refractivity contribution in [2.24, 2.45) is 11.1 Å². The molecule has 1 atom stereocenters. The van der Waals surface area contributed by atoms with E-state index in [1.54, 1.807) is 0 Å².